The summed E-state index contributed by atoms with van der Waals surface area (Å²) in [4.78, 5) is 14.7. The Hall–Kier alpha value is -3.81. The largest absolute Gasteiger partial charge is 0.508 e. The summed E-state index contributed by atoms with van der Waals surface area (Å²) >= 11 is 0. The number of hydrogen-bond acceptors (Lipinski definition) is 4. The molecule has 8 heteroatoms. The third kappa shape index (κ3) is 4.16. The van der Waals surface area contributed by atoms with Gasteiger partial charge in [0, 0.05) is 17.9 Å². The number of carbonyl (C=O) groups excluding carboxylic acids is 1. The van der Waals surface area contributed by atoms with Crippen molar-refractivity contribution in [2.75, 3.05) is 9.91 Å². The van der Waals surface area contributed by atoms with Gasteiger partial charge in [-0.3, -0.25) is 4.79 Å². The molecular weight excluding hydrogens is 419 g/mol. The smallest absolute Gasteiger partial charge is 0.435 e. The fourth-order valence-corrected chi connectivity index (χ4v) is 3.75. The van der Waals surface area contributed by atoms with Gasteiger partial charge in [0.05, 0.1) is 11.3 Å². The van der Waals surface area contributed by atoms with Crippen LogP contribution in [0.2, 0.25) is 0 Å². The summed E-state index contributed by atoms with van der Waals surface area (Å²) in [5.41, 5.74) is 0.371. The molecule has 0 spiro atoms. The Bertz CT molecular complexity index is 1150. The Kier molecular flexibility index (Phi) is 5.61. The molecule has 0 saturated heterocycles. The number of alkyl halides is 3. The van der Waals surface area contributed by atoms with Crippen molar-refractivity contribution in [1.29, 1.82) is 0 Å². The molecule has 0 saturated carbocycles. The van der Waals surface area contributed by atoms with Gasteiger partial charge >= 0.3 is 6.18 Å². The number of allylic oxidation sites excluding steroid dienone is 3. The number of hydrazone groups is 1. The lowest BCUT2D eigenvalue weighted by Crippen LogP contribution is -2.25. The van der Waals surface area contributed by atoms with Gasteiger partial charge in [-0.05, 0) is 55.3 Å². The Balaban J connectivity index is 1.59. The maximum absolute atomic E-state index is 13.5. The maximum Gasteiger partial charge on any atom is 0.435 e. The van der Waals surface area contributed by atoms with Crippen LogP contribution in [0.5, 0.6) is 0 Å². The summed E-state index contributed by atoms with van der Waals surface area (Å²) in [6.45, 7) is 2.05. The minimum atomic E-state index is -4.85. The molecule has 0 fully saturated rings. The number of halogens is 3. The van der Waals surface area contributed by atoms with Crippen LogP contribution in [0, 0.1) is 0 Å². The molecule has 2 aromatic rings. The van der Waals surface area contributed by atoms with Crippen molar-refractivity contribution in [3.63, 3.8) is 0 Å². The van der Waals surface area contributed by atoms with Gasteiger partial charge in [-0.1, -0.05) is 36.4 Å². The zero-order valence-electron chi connectivity index (χ0n) is 17.1. The lowest BCUT2D eigenvalue weighted by atomic mass is 10.1. The van der Waals surface area contributed by atoms with Crippen LogP contribution in [0.4, 0.5) is 24.5 Å². The number of para-hydroxylation sites is 2. The van der Waals surface area contributed by atoms with E-state index < -0.39 is 29.1 Å². The van der Waals surface area contributed by atoms with E-state index in [0.29, 0.717) is 5.01 Å². The number of hydrogen-bond donors (Lipinski definition) is 1. The van der Waals surface area contributed by atoms with E-state index in [1.807, 2.05) is 29.2 Å². The summed E-state index contributed by atoms with van der Waals surface area (Å²) in [5.74, 6) is -1.45. The molecule has 0 aromatic heterocycles. The molecule has 2 aliphatic heterocycles. The third-order valence-corrected chi connectivity index (χ3v) is 5.21. The third-order valence-electron chi connectivity index (χ3n) is 5.21. The molecule has 1 atom stereocenters. The number of nitrogens with zero attached hydrogens (tertiary/aromatic N) is 3. The zero-order chi connectivity index (χ0) is 22.9. The monoisotopic (exact) mass is 439 g/mol. The molecular formula is C24H20F3N3O2. The van der Waals surface area contributed by atoms with Crippen molar-refractivity contribution >= 4 is 23.0 Å². The number of anilines is 2. The van der Waals surface area contributed by atoms with Gasteiger partial charge in [-0.2, -0.15) is 23.3 Å². The lowest BCUT2D eigenvalue weighted by Gasteiger charge is -2.19. The van der Waals surface area contributed by atoms with Gasteiger partial charge < -0.3 is 10.0 Å². The highest BCUT2D eigenvalue weighted by Crippen LogP contribution is 2.33. The first-order valence-corrected chi connectivity index (χ1v) is 9.97. The maximum atomic E-state index is 13.5. The summed E-state index contributed by atoms with van der Waals surface area (Å²) in [5, 5.41) is 14.4. The summed E-state index contributed by atoms with van der Waals surface area (Å²) < 4.78 is 40.5. The van der Waals surface area contributed by atoms with Crippen molar-refractivity contribution in [3.05, 3.63) is 95.9 Å². The van der Waals surface area contributed by atoms with Gasteiger partial charge in [0.2, 0.25) is 0 Å². The van der Waals surface area contributed by atoms with Crippen molar-refractivity contribution in [2.45, 2.75) is 25.6 Å². The Morgan fingerprint density at radius 3 is 2.53 bits per heavy atom. The van der Waals surface area contributed by atoms with Crippen LogP contribution >= 0.6 is 0 Å². The average Bonchev–Trinajstić information content (AvgIpc) is 3.25. The van der Waals surface area contributed by atoms with Crippen LogP contribution < -0.4 is 9.91 Å². The molecule has 2 aromatic carbocycles. The standard InChI is InChI=1S/C24H20F3N3O2/c1-16-14-17-8-5-6-12-21(17)29(16)13-7-11-19(31)15-20-22(24(25,26)27)28-30(23(20)32)18-9-3-2-4-10-18/h2-13,15-16,31H,14H2,1H3/b13-7+,19-11-,20-15+. The minimum absolute atomic E-state index is 0.202. The highest BCUT2D eigenvalue weighted by Gasteiger charge is 2.46. The second kappa shape index (κ2) is 8.37. The number of benzene rings is 2. The van der Waals surface area contributed by atoms with Crippen LogP contribution in [0.25, 0.3) is 0 Å². The van der Waals surface area contributed by atoms with Gasteiger partial charge in [-0.15, -0.1) is 0 Å². The first-order valence-electron chi connectivity index (χ1n) is 9.97. The van der Waals surface area contributed by atoms with E-state index in [-0.39, 0.29) is 11.7 Å². The highest BCUT2D eigenvalue weighted by molar-refractivity contribution is 6.32. The summed E-state index contributed by atoms with van der Waals surface area (Å²) in [7, 11) is 0. The molecule has 1 N–H and O–H groups in total. The zero-order valence-corrected chi connectivity index (χ0v) is 17.1. The van der Waals surface area contributed by atoms with Gasteiger partial charge in [0.1, 0.15) is 5.76 Å². The predicted molar refractivity (Wildman–Crippen MR) is 117 cm³/mol. The lowest BCUT2D eigenvalue weighted by molar-refractivity contribution is -0.114. The molecule has 0 bridgehead atoms. The molecule has 32 heavy (non-hydrogen) atoms. The molecule has 0 aliphatic carbocycles. The molecule has 1 unspecified atom stereocenters. The average molecular weight is 439 g/mol. The first-order chi connectivity index (χ1) is 15.3. The number of carbonyl (C=O) groups is 1. The van der Waals surface area contributed by atoms with Gasteiger partial charge in [0.15, 0.2) is 5.71 Å². The van der Waals surface area contributed by atoms with Crippen LogP contribution in [-0.4, -0.2) is 28.9 Å². The van der Waals surface area contributed by atoms with E-state index >= 15 is 0 Å². The molecule has 2 aliphatic rings. The molecule has 5 nitrogen and oxygen atoms in total. The van der Waals surface area contributed by atoms with Crippen molar-refractivity contribution in [2.24, 2.45) is 5.10 Å². The van der Waals surface area contributed by atoms with Crippen molar-refractivity contribution < 1.29 is 23.1 Å². The van der Waals surface area contributed by atoms with Crippen molar-refractivity contribution in [1.82, 2.24) is 0 Å². The number of aliphatic hydroxyl groups excluding tert-OH is 1. The van der Waals surface area contributed by atoms with E-state index in [2.05, 4.69) is 12.0 Å². The molecule has 0 radical (unpaired) electrons. The van der Waals surface area contributed by atoms with E-state index in [1.165, 1.54) is 29.8 Å². The van der Waals surface area contributed by atoms with Crippen LogP contribution in [0.3, 0.4) is 0 Å². The normalized spacial score (nSPS) is 20.4. The highest BCUT2D eigenvalue weighted by atomic mass is 19.4. The molecule has 4 rings (SSSR count). The summed E-state index contributed by atoms with van der Waals surface area (Å²) in [6.07, 6.45) is 1.34. The molecule has 2 heterocycles. The Morgan fingerprint density at radius 2 is 1.81 bits per heavy atom. The van der Waals surface area contributed by atoms with Crippen LogP contribution in [0.1, 0.15) is 12.5 Å². The van der Waals surface area contributed by atoms with Gasteiger partial charge in [-0.25, -0.2) is 0 Å². The quantitative estimate of drug-likeness (QED) is 0.400. The van der Waals surface area contributed by atoms with Gasteiger partial charge in [0.25, 0.3) is 5.91 Å². The number of rotatable bonds is 4. The van der Waals surface area contributed by atoms with Crippen LogP contribution in [-0.2, 0) is 11.2 Å². The SMILES string of the molecule is CC1Cc2ccccc2N1/C=C/C=C(O)/C=C1/C(=O)N(c2ccccc2)N=C1C(F)(F)F. The predicted octanol–water partition coefficient (Wildman–Crippen LogP) is 5.28. The van der Waals surface area contributed by atoms with Crippen molar-refractivity contribution in [3.8, 4) is 0 Å². The van der Waals surface area contributed by atoms with E-state index in [1.54, 1.807) is 24.4 Å². The number of fused-ring (bicyclic) bond motifs is 1. The van der Waals surface area contributed by atoms with E-state index in [9.17, 15) is 23.1 Å². The minimum Gasteiger partial charge on any atom is -0.508 e. The fourth-order valence-electron chi connectivity index (χ4n) is 3.75. The molecule has 1 amide bonds. The topological polar surface area (TPSA) is 56.1 Å². The van der Waals surface area contributed by atoms with E-state index in [4.69, 9.17) is 0 Å². The Labute approximate surface area is 183 Å². The van der Waals surface area contributed by atoms with Crippen LogP contribution in [0.15, 0.2) is 95.5 Å². The Morgan fingerprint density at radius 1 is 1.12 bits per heavy atom. The number of amides is 1. The number of aliphatic hydroxyl groups is 1. The second-order valence-corrected chi connectivity index (χ2v) is 7.48. The second-order valence-electron chi connectivity index (χ2n) is 7.48. The van der Waals surface area contributed by atoms with E-state index in [0.717, 1.165) is 18.2 Å². The fraction of sp³-hybridized carbons (Fsp3) is 0.167. The molecule has 164 valence electrons. The first kappa shape index (κ1) is 21.4. The summed E-state index contributed by atoms with van der Waals surface area (Å²) in [6, 6.07) is 15.9.